The highest BCUT2D eigenvalue weighted by atomic mass is 16.5. The van der Waals surface area contributed by atoms with Crippen molar-refractivity contribution >= 4 is 5.91 Å². The summed E-state index contributed by atoms with van der Waals surface area (Å²) in [5.41, 5.74) is 0.844. The largest absolute Gasteiger partial charge is 0.497 e. The maximum Gasteiger partial charge on any atom is 0.224 e. The van der Waals surface area contributed by atoms with Crippen LogP contribution in [0.25, 0.3) is 0 Å². The Morgan fingerprint density at radius 2 is 2.24 bits per heavy atom. The highest BCUT2D eigenvalue weighted by Gasteiger charge is 2.15. The average Bonchev–Trinajstić information content (AvgIpc) is 2.54. The summed E-state index contributed by atoms with van der Waals surface area (Å²) >= 11 is 0. The Kier molecular flexibility index (Phi) is 5.87. The molecular formula is C16H24N2O3. The molecule has 1 aromatic rings. The third kappa shape index (κ3) is 4.63. The van der Waals surface area contributed by atoms with Crippen LogP contribution in [0.1, 0.15) is 18.4 Å². The van der Waals surface area contributed by atoms with Crippen molar-refractivity contribution in [1.82, 2.24) is 10.6 Å². The number of benzene rings is 1. The first-order valence-electron chi connectivity index (χ1n) is 7.41. The molecule has 1 aliphatic rings. The van der Waals surface area contributed by atoms with Gasteiger partial charge in [0.2, 0.25) is 5.91 Å². The molecule has 0 spiro atoms. The number of ether oxygens (including phenoxy) is 2. The molecule has 2 N–H and O–H groups in total. The van der Waals surface area contributed by atoms with Crippen LogP contribution in [0.5, 0.6) is 11.5 Å². The van der Waals surface area contributed by atoms with Crippen molar-refractivity contribution in [1.29, 1.82) is 0 Å². The third-order valence-electron chi connectivity index (χ3n) is 3.83. The Morgan fingerprint density at radius 3 is 2.90 bits per heavy atom. The number of carbonyl (C=O) groups is 1. The van der Waals surface area contributed by atoms with Crippen molar-refractivity contribution in [3.8, 4) is 11.5 Å². The van der Waals surface area contributed by atoms with E-state index in [1.54, 1.807) is 14.2 Å². The molecule has 0 aliphatic carbocycles. The lowest BCUT2D eigenvalue weighted by Gasteiger charge is -2.23. The van der Waals surface area contributed by atoms with Crippen molar-refractivity contribution in [2.75, 3.05) is 33.9 Å². The number of amides is 1. The number of piperidine rings is 1. The SMILES string of the molecule is COc1ccc(OC)c(CC(=O)NCC2CCCNC2)c1. The lowest BCUT2D eigenvalue weighted by atomic mass is 9.99. The number of methoxy groups -OCH3 is 2. The highest BCUT2D eigenvalue weighted by Crippen LogP contribution is 2.24. The second-order valence-electron chi connectivity index (χ2n) is 5.37. The fraction of sp³-hybridized carbons (Fsp3) is 0.562. The van der Waals surface area contributed by atoms with Crippen LogP contribution >= 0.6 is 0 Å². The molecule has 5 nitrogen and oxygen atoms in total. The first-order chi connectivity index (χ1) is 10.2. The van der Waals surface area contributed by atoms with Crippen LogP contribution in [0.3, 0.4) is 0 Å². The Labute approximate surface area is 126 Å². The fourth-order valence-corrected chi connectivity index (χ4v) is 2.61. The second-order valence-corrected chi connectivity index (χ2v) is 5.37. The van der Waals surface area contributed by atoms with Crippen molar-refractivity contribution < 1.29 is 14.3 Å². The normalized spacial score (nSPS) is 18.1. The van der Waals surface area contributed by atoms with Gasteiger partial charge in [-0.25, -0.2) is 0 Å². The smallest absolute Gasteiger partial charge is 0.224 e. The summed E-state index contributed by atoms with van der Waals surface area (Å²) in [6.07, 6.45) is 2.67. The molecule has 0 radical (unpaired) electrons. The number of nitrogens with one attached hydrogen (secondary N) is 2. The summed E-state index contributed by atoms with van der Waals surface area (Å²) in [6, 6.07) is 5.50. The van der Waals surface area contributed by atoms with Gasteiger partial charge in [0.1, 0.15) is 11.5 Å². The second kappa shape index (κ2) is 7.88. The van der Waals surface area contributed by atoms with E-state index in [2.05, 4.69) is 10.6 Å². The molecule has 1 saturated heterocycles. The molecule has 1 unspecified atom stereocenters. The van der Waals surface area contributed by atoms with Crippen LogP contribution in [0.2, 0.25) is 0 Å². The lowest BCUT2D eigenvalue weighted by Crippen LogP contribution is -2.38. The quantitative estimate of drug-likeness (QED) is 0.831. The summed E-state index contributed by atoms with van der Waals surface area (Å²) in [7, 11) is 3.22. The standard InChI is InChI=1S/C16H24N2O3/c1-20-14-5-6-15(21-2)13(8-14)9-16(19)18-11-12-4-3-7-17-10-12/h5-6,8,12,17H,3-4,7,9-11H2,1-2H3,(H,18,19). The maximum atomic E-state index is 12.1. The number of hydrogen-bond acceptors (Lipinski definition) is 4. The van der Waals surface area contributed by atoms with Gasteiger partial charge in [0, 0.05) is 12.1 Å². The molecule has 1 amide bonds. The summed E-state index contributed by atoms with van der Waals surface area (Å²) in [5.74, 6) is 2.00. The van der Waals surface area contributed by atoms with Gasteiger partial charge >= 0.3 is 0 Å². The average molecular weight is 292 g/mol. The molecule has 0 aromatic heterocycles. The van der Waals surface area contributed by atoms with Crippen molar-refractivity contribution in [3.05, 3.63) is 23.8 Å². The minimum atomic E-state index is 0.0205. The van der Waals surface area contributed by atoms with Gasteiger partial charge in [0.25, 0.3) is 0 Å². The zero-order chi connectivity index (χ0) is 15.1. The number of rotatable bonds is 6. The maximum absolute atomic E-state index is 12.1. The van der Waals surface area contributed by atoms with Crippen LogP contribution in [0.4, 0.5) is 0 Å². The van der Waals surface area contributed by atoms with E-state index in [0.717, 1.165) is 30.9 Å². The van der Waals surface area contributed by atoms with E-state index in [-0.39, 0.29) is 5.91 Å². The molecule has 1 heterocycles. The van der Waals surface area contributed by atoms with Crippen molar-refractivity contribution in [2.45, 2.75) is 19.3 Å². The molecule has 1 aromatic carbocycles. The van der Waals surface area contributed by atoms with Gasteiger partial charge < -0.3 is 20.1 Å². The Balaban J connectivity index is 1.89. The molecule has 0 bridgehead atoms. The molecular weight excluding hydrogens is 268 g/mol. The molecule has 1 atom stereocenters. The van der Waals surface area contributed by atoms with Gasteiger partial charge in [0.15, 0.2) is 0 Å². The predicted molar refractivity (Wildman–Crippen MR) is 81.9 cm³/mol. The molecule has 1 aliphatic heterocycles. The Bertz CT molecular complexity index is 471. The van der Waals surface area contributed by atoms with E-state index < -0.39 is 0 Å². The van der Waals surface area contributed by atoms with E-state index in [9.17, 15) is 4.79 Å². The summed E-state index contributed by atoms with van der Waals surface area (Å²) in [5, 5.41) is 6.37. The van der Waals surface area contributed by atoms with E-state index >= 15 is 0 Å². The van der Waals surface area contributed by atoms with Crippen LogP contribution < -0.4 is 20.1 Å². The minimum absolute atomic E-state index is 0.0205. The van der Waals surface area contributed by atoms with E-state index in [4.69, 9.17) is 9.47 Å². The minimum Gasteiger partial charge on any atom is -0.497 e. The fourth-order valence-electron chi connectivity index (χ4n) is 2.61. The van der Waals surface area contributed by atoms with Crippen LogP contribution in [-0.4, -0.2) is 39.8 Å². The van der Waals surface area contributed by atoms with Crippen molar-refractivity contribution in [3.63, 3.8) is 0 Å². The molecule has 2 rings (SSSR count). The summed E-state index contributed by atoms with van der Waals surface area (Å²) in [6.45, 7) is 2.81. The highest BCUT2D eigenvalue weighted by molar-refractivity contribution is 5.79. The topological polar surface area (TPSA) is 59.6 Å². The van der Waals surface area contributed by atoms with Crippen molar-refractivity contribution in [2.24, 2.45) is 5.92 Å². The van der Waals surface area contributed by atoms with Gasteiger partial charge in [-0.2, -0.15) is 0 Å². The van der Waals surface area contributed by atoms with E-state index in [0.29, 0.717) is 18.1 Å². The molecule has 21 heavy (non-hydrogen) atoms. The van der Waals surface area contributed by atoms with Gasteiger partial charge in [-0.3, -0.25) is 4.79 Å². The summed E-state index contributed by atoms with van der Waals surface area (Å²) in [4.78, 5) is 12.1. The number of carbonyl (C=O) groups excluding carboxylic acids is 1. The zero-order valence-electron chi connectivity index (χ0n) is 12.8. The van der Waals surface area contributed by atoms with Crippen LogP contribution in [0, 0.1) is 5.92 Å². The zero-order valence-corrected chi connectivity index (χ0v) is 12.8. The van der Waals surface area contributed by atoms with Gasteiger partial charge in [-0.05, 0) is 50.0 Å². The number of hydrogen-bond donors (Lipinski definition) is 2. The molecule has 5 heteroatoms. The molecule has 116 valence electrons. The lowest BCUT2D eigenvalue weighted by molar-refractivity contribution is -0.120. The monoisotopic (exact) mass is 292 g/mol. The molecule has 0 saturated carbocycles. The third-order valence-corrected chi connectivity index (χ3v) is 3.83. The first-order valence-corrected chi connectivity index (χ1v) is 7.41. The summed E-state index contributed by atoms with van der Waals surface area (Å²) < 4.78 is 10.5. The van der Waals surface area contributed by atoms with Crippen LogP contribution in [0.15, 0.2) is 18.2 Å². The molecule has 1 fully saturated rings. The Hall–Kier alpha value is -1.75. The predicted octanol–water partition coefficient (Wildman–Crippen LogP) is 1.36. The van der Waals surface area contributed by atoms with E-state index in [1.807, 2.05) is 18.2 Å². The van der Waals surface area contributed by atoms with Gasteiger partial charge in [-0.15, -0.1) is 0 Å². The van der Waals surface area contributed by atoms with Gasteiger partial charge in [0.05, 0.1) is 20.6 Å². The first kappa shape index (κ1) is 15.6. The van der Waals surface area contributed by atoms with Crippen LogP contribution in [-0.2, 0) is 11.2 Å². The van der Waals surface area contributed by atoms with Gasteiger partial charge in [-0.1, -0.05) is 0 Å². The van der Waals surface area contributed by atoms with E-state index in [1.165, 1.54) is 12.8 Å². The Morgan fingerprint density at radius 1 is 1.38 bits per heavy atom.